The number of likely N-dealkylation sites (N-methyl/N-ethyl adjacent to an activating group) is 1. The van der Waals surface area contributed by atoms with Crippen LogP contribution in [0.4, 0.5) is 5.69 Å². The lowest BCUT2D eigenvalue weighted by molar-refractivity contribution is -0.123. The normalized spacial score (nSPS) is 11.5. The summed E-state index contributed by atoms with van der Waals surface area (Å²) in [4.78, 5) is 24.7. The molecule has 0 saturated carbocycles. The van der Waals surface area contributed by atoms with E-state index in [1.807, 2.05) is 32.0 Å². The highest BCUT2D eigenvalue weighted by Crippen LogP contribution is 2.30. The van der Waals surface area contributed by atoms with E-state index in [9.17, 15) is 9.59 Å². The molecule has 7 heteroatoms. The summed E-state index contributed by atoms with van der Waals surface area (Å²) in [6.45, 7) is 4.15. The first kappa shape index (κ1) is 20.1. The molecule has 2 amide bonds. The van der Waals surface area contributed by atoms with Crippen LogP contribution in [0.1, 0.15) is 13.8 Å². The monoisotopic (exact) mass is 392 g/mol. The van der Waals surface area contributed by atoms with Crippen LogP contribution in [0.5, 0.6) is 5.75 Å². The lowest BCUT2D eigenvalue weighted by Gasteiger charge is -2.13. The van der Waals surface area contributed by atoms with Crippen LogP contribution < -0.4 is 15.4 Å². The fraction of sp³-hybridized carbons (Fsp3) is 0.263. The molecule has 0 heterocycles. The van der Waals surface area contributed by atoms with Gasteiger partial charge in [-0.25, -0.2) is 0 Å². The van der Waals surface area contributed by atoms with E-state index >= 15 is 0 Å². The lowest BCUT2D eigenvalue weighted by atomic mass is 10.3. The standard InChI is InChI=1S/C19H21ClN2O3S/c1-3-21-18(23)12-25-15-8-6-7-14(11-15)22-19(24)13(2)26-17-10-5-4-9-16(17)20/h4-11,13H,3,12H2,1-2H3,(H,21,23)(H,22,24)/t13-/m0/s1. The fourth-order valence-electron chi connectivity index (χ4n) is 2.09. The first-order chi connectivity index (χ1) is 12.5. The number of hydrogen-bond donors (Lipinski definition) is 2. The number of rotatable bonds is 8. The van der Waals surface area contributed by atoms with Gasteiger partial charge in [-0.3, -0.25) is 9.59 Å². The number of anilines is 1. The summed E-state index contributed by atoms with van der Waals surface area (Å²) < 4.78 is 5.43. The molecule has 2 aromatic rings. The zero-order chi connectivity index (χ0) is 18.9. The van der Waals surface area contributed by atoms with Gasteiger partial charge < -0.3 is 15.4 Å². The Kier molecular flexibility index (Phi) is 7.81. The summed E-state index contributed by atoms with van der Waals surface area (Å²) in [6, 6.07) is 14.4. The smallest absolute Gasteiger partial charge is 0.257 e. The third-order valence-corrected chi connectivity index (χ3v) is 4.97. The Labute approximate surface area is 162 Å². The minimum absolute atomic E-state index is 0.0655. The Morgan fingerprint density at radius 1 is 1.19 bits per heavy atom. The van der Waals surface area contributed by atoms with Crippen LogP contribution in [0.2, 0.25) is 5.02 Å². The van der Waals surface area contributed by atoms with Crippen molar-refractivity contribution >= 4 is 40.9 Å². The molecule has 0 aromatic heterocycles. The quantitative estimate of drug-likeness (QED) is 0.667. The maximum Gasteiger partial charge on any atom is 0.257 e. The van der Waals surface area contributed by atoms with Gasteiger partial charge in [0.25, 0.3) is 5.91 Å². The topological polar surface area (TPSA) is 67.4 Å². The van der Waals surface area contributed by atoms with Gasteiger partial charge in [0.05, 0.1) is 10.3 Å². The number of thioether (sulfide) groups is 1. The van der Waals surface area contributed by atoms with Gasteiger partial charge in [-0.15, -0.1) is 11.8 Å². The zero-order valence-electron chi connectivity index (χ0n) is 14.6. The predicted molar refractivity (Wildman–Crippen MR) is 106 cm³/mol. The number of amides is 2. The van der Waals surface area contributed by atoms with Crippen molar-refractivity contribution < 1.29 is 14.3 Å². The number of carbonyl (C=O) groups excluding carboxylic acids is 2. The summed E-state index contributed by atoms with van der Waals surface area (Å²) in [5, 5.41) is 5.81. The van der Waals surface area contributed by atoms with Crippen molar-refractivity contribution in [3.8, 4) is 5.75 Å². The van der Waals surface area contributed by atoms with Gasteiger partial charge in [-0.05, 0) is 38.1 Å². The third-order valence-electron chi connectivity index (χ3n) is 3.36. The van der Waals surface area contributed by atoms with E-state index in [4.69, 9.17) is 16.3 Å². The van der Waals surface area contributed by atoms with E-state index in [-0.39, 0.29) is 23.7 Å². The van der Waals surface area contributed by atoms with Crippen molar-refractivity contribution in [3.63, 3.8) is 0 Å². The van der Waals surface area contributed by atoms with E-state index in [0.29, 0.717) is 23.0 Å². The van der Waals surface area contributed by atoms with Gasteiger partial charge in [0.2, 0.25) is 5.91 Å². The number of nitrogens with one attached hydrogen (secondary N) is 2. The SMILES string of the molecule is CCNC(=O)COc1cccc(NC(=O)[C@H](C)Sc2ccccc2Cl)c1. The van der Waals surface area contributed by atoms with Crippen LogP contribution in [0.3, 0.4) is 0 Å². The number of benzene rings is 2. The highest BCUT2D eigenvalue weighted by atomic mass is 35.5. The van der Waals surface area contributed by atoms with E-state index in [2.05, 4.69) is 10.6 Å². The van der Waals surface area contributed by atoms with Crippen molar-refractivity contribution in [3.05, 3.63) is 53.6 Å². The van der Waals surface area contributed by atoms with Crippen LogP contribution >= 0.6 is 23.4 Å². The van der Waals surface area contributed by atoms with Gasteiger partial charge in [0, 0.05) is 23.2 Å². The predicted octanol–water partition coefficient (Wildman–Crippen LogP) is 3.97. The molecule has 26 heavy (non-hydrogen) atoms. The number of ether oxygens (including phenoxy) is 1. The Morgan fingerprint density at radius 3 is 2.69 bits per heavy atom. The van der Waals surface area contributed by atoms with Crippen molar-refractivity contribution in [1.82, 2.24) is 5.32 Å². The van der Waals surface area contributed by atoms with Gasteiger partial charge in [0.1, 0.15) is 5.75 Å². The molecule has 0 bridgehead atoms. The Morgan fingerprint density at radius 2 is 1.96 bits per heavy atom. The number of hydrogen-bond acceptors (Lipinski definition) is 4. The van der Waals surface area contributed by atoms with Crippen molar-refractivity contribution in [1.29, 1.82) is 0 Å². The van der Waals surface area contributed by atoms with Gasteiger partial charge in [0.15, 0.2) is 6.61 Å². The van der Waals surface area contributed by atoms with Crippen LogP contribution in [0.25, 0.3) is 0 Å². The summed E-state index contributed by atoms with van der Waals surface area (Å²) in [7, 11) is 0. The highest BCUT2D eigenvalue weighted by molar-refractivity contribution is 8.00. The molecule has 2 rings (SSSR count). The fourth-order valence-corrected chi connectivity index (χ4v) is 3.24. The second kappa shape index (κ2) is 10.1. The van der Waals surface area contributed by atoms with E-state index in [1.54, 1.807) is 30.3 Å². The molecule has 0 aliphatic carbocycles. The molecule has 0 radical (unpaired) electrons. The molecule has 0 spiro atoms. The molecule has 0 fully saturated rings. The first-order valence-corrected chi connectivity index (χ1v) is 9.47. The average molecular weight is 393 g/mol. The van der Waals surface area contributed by atoms with Crippen molar-refractivity contribution in [2.45, 2.75) is 24.0 Å². The minimum atomic E-state index is -0.324. The summed E-state index contributed by atoms with van der Waals surface area (Å²) in [5.41, 5.74) is 0.606. The van der Waals surface area contributed by atoms with Gasteiger partial charge in [-0.2, -0.15) is 0 Å². The number of carbonyl (C=O) groups is 2. The van der Waals surface area contributed by atoms with Crippen LogP contribution in [0, 0.1) is 0 Å². The Hall–Kier alpha value is -2.18. The highest BCUT2D eigenvalue weighted by Gasteiger charge is 2.16. The summed E-state index contributed by atoms with van der Waals surface area (Å²) in [5.74, 6) is 0.183. The van der Waals surface area contributed by atoms with E-state index in [0.717, 1.165) is 4.90 Å². The molecule has 138 valence electrons. The molecular formula is C19H21ClN2O3S. The average Bonchev–Trinajstić information content (AvgIpc) is 2.62. The van der Waals surface area contributed by atoms with Crippen molar-refractivity contribution in [2.24, 2.45) is 0 Å². The maximum absolute atomic E-state index is 12.4. The molecule has 2 N–H and O–H groups in total. The lowest BCUT2D eigenvalue weighted by Crippen LogP contribution is -2.28. The Bertz CT molecular complexity index is 770. The van der Waals surface area contributed by atoms with E-state index in [1.165, 1.54) is 11.8 Å². The van der Waals surface area contributed by atoms with Gasteiger partial charge in [-0.1, -0.05) is 29.8 Å². The molecule has 2 aromatic carbocycles. The summed E-state index contributed by atoms with van der Waals surface area (Å²) >= 11 is 7.53. The molecular weight excluding hydrogens is 372 g/mol. The third kappa shape index (κ3) is 6.28. The van der Waals surface area contributed by atoms with Gasteiger partial charge >= 0.3 is 0 Å². The molecule has 5 nitrogen and oxygen atoms in total. The van der Waals surface area contributed by atoms with Crippen LogP contribution in [0.15, 0.2) is 53.4 Å². The second-order valence-electron chi connectivity index (χ2n) is 5.45. The maximum atomic E-state index is 12.4. The molecule has 0 aliphatic heterocycles. The molecule has 1 atom stereocenters. The second-order valence-corrected chi connectivity index (χ2v) is 7.24. The zero-order valence-corrected chi connectivity index (χ0v) is 16.2. The minimum Gasteiger partial charge on any atom is -0.484 e. The van der Waals surface area contributed by atoms with Crippen molar-refractivity contribution in [2.75, 3.05) is 18.5 Å². The largest absolute Gasteiger partial charge is 0.484 e. The number of halogens is 1. The first-order valence-electron chi connectivity index (χ1n) is 8.21. The summed E-state index contributed by atoms with van der Waals surface area (Å²) in [6.07, 6.45) is 0. The molecule has 0 saturated heterocycles. The van der Waals surface area contributed by atoms with Crippen LogP contribution in [-0.2, 0) is 9.59 Å². The molecule has 0 unspecified atom stereocenters. The Balaban J connectivity index is 1.93. The van der Waals surface area contributed by atoms with E-state index < -0.39 is 0 Å². The molecule has 0 aliphatic rings. The van der Waals surface area contributed by atoms with Crippen LogP contribution in [-0.4, -0.2) is 30.2 Å².